The molecular weight excluding hydrogens is 320 g/mol. The summed E-state index contributed by atoms with van der Waals surface area (Å²) in [6, 6.07) is 11.2. The van der Waals surface area contributed by atoms with Crippen molar-refractivity contribution in [2.45, 2.75) is 12.1 Å². The van der Waals surface area contributed by atoms with Crippen molar-refractivity contribution in [3.63, 3.8) is 0 Å². The maximum Gasteiger partial charge on any atom is 0.261 e. The van der Waals surface area contributed by atoms with E-state index in [2.05, 4.69) is 5.32 Å². The molecular formula is C15H14N2OS3. The van der Waals surface area contributed by atoms with Gasteiger partial charge in [0.25, 0.3) is 5.91 Å². The Labute approximate surface area is 135 Å². The van der Waals surface area contributed by atoms with Crippen molar-refractivity contribution in [1.29, 1.82) is 0 Å². The van der Waals surface area contributed by atoms with Crippen LogP contribution in [0.4, 0.5) is 0 Å². The fourth-order valence-corrected chi connectivity index (χ4v) is 4.29. The minimum absolute atomic E-state index is 0.0737. The van der Waals surface area contributed by atoms with Gasteiger partial charge in [-0.3, -0.25) is 4.79 Å². The maximum atomic E-state index is 12.3. The lowest BCUT2D eigenvalue weighted by Gasteiger charge is -2.23. The van der Waals surface area contributed by atoms with Gasteiger partial charge in [0.05, 0.1) is 17.0 Å². The van der Waals surface area contributed by atoms with Crippen molar-refractivity contribution < 1.29 is 4.79 Å². The lowest BCUT2D eigenvalue weighted by molar-refractivity contribution is 0.0935. The first-order valence-corrected chi connectivity index (χ1v) is 9.06. The van der Waals surface area contributed by atoms with Crippen molar-refractivity contribution in [3.8, 4) is 0 Å². The number of carbonyl (C=O) groups is 1. The molecule has 0 bridgehead atoms. The third kappa shape index (κ3) is 3.24. The molecule has 3 rings (SSSR count). The molecule has 3 N–H and O–H groups in total. The Morgan fingerprint density at radius 3 is 2.14 bits per heavy atom. The monoisotopic (exact) mass is 334 g/mol. The number of amides is 1. The van der Waals surface area contributed by atoms with E-state index in [4.69, 9.17) is 5.73 Å². The molecule has 3 heterocycles. The lowest BCUT2D eigenvalue weighted by Crippen LogP contribution is -2.34. The first kappa shape index (κ1) is 14.5. The van der Waals surface area contributed by atoms with E-state index >= 15 is 0 Å². The van der Waals surface area contributed by atoms with Crippen LogP contribution in [0.15, 0.2) is 52.5 Å². The molecule has 2 unspecified atom stereocenters. The second-order valence-electron chi connectivity index (χ2n) is 4.49. The summed E-state index contributed by atoms with van der Waals surface area (Å²) in [5.74, 6) is -0.0737. The van der Waals surface area contributed by atoms with Crippen LogP contribution in [0.3, 0.4) is 0 Å². The second kappa shape index (κ2) is 6.53. The summed E-state index contributed by atoms with van der Waals surface area (Å²) in [5.41, 5.74) is 6.38. The zero-order chi connectivity index (χ0) is 14.7. The molecule has 1 amide bonds. The number of nitrogens with two attached hydrogens (primary N) is 1. The molecule has 0 aliphatic heterocycles. The van der Waals surface area contributed by atoms with E-state index in [0.717, 1.165) is 9.75 Å². The Morgan fingerprint density at radius 1 is 0.952 bits per heavy atom. The summed E-state index contributed by atoms with van der Waals surface area (Å²) in [6.07, 6.45) is 0. The topological polar surface area (TPSA) is 55.1 Å². The van der Waals surface area contributed by atoms with Gasteiger partial charge in [-0.2, -0.15) is 0 Å². The highest BCUT2D eigenvalue weighted by Gasteiger charge is 2.25. The first-order chi connectivity index (χ1) is 10.3. The van der Waals surface area contributed by atoms with E-state index in [1.165, 1.54) is 11.3 Å². The van der Waals surface area contributed by atoms with Crippen molar-refractivity contribution in [3.05, 3.63) is 67.2 Å². The average Bonchev–Trinajstić information content (AvgIpc) is 3.27. The largest absolute Gasteiger partial charge is 0.342 e. The van der Waals surface area contributed by atoms with E-state index in [0.29, 0.717) is 4.88 Å². The number of rotatable bonds is 5. The van der Waals surface area contributed by atoms with E-state index in [-0.39, 0.29) is 18.0 Å². The molecule has 0 saturated heterocycles. The Kier molecular flexibility index (Phi) is 4.50. The summed E-state index contributed by atoms with van der Waals surface area (Å²) in [4.78, 5) is 15.2. The fraction of sp³-hybridized carbons (Fsp3) is 0.133. The van der Waals surface area contributed by atoms with Crippen LogP contribution in [-0.2, 0) is 0 Å². The Balaban J connectivity index is 1.85. The van der Waals surface area contributed by atoms with Crippen molar-refractivity contribution in [2.75, 3.05) is 0 Å². The molecule has 3 aromatic heterocycles. The van der Waals surface area contributed by atoms with Crippen LogP contribution in [0.2, 0.25) is 0 Å². The minimum atomic E-state index is -0.243. The molecule has 0 saturated carbocycles. The molecule has 21 heavy (non-hydrogen) atoms. The number of hydrogen-bond donors (Lipinski definition) is 2. The van der Waals surface area contributed by atoms with E-state index in [9.17, 15) is 4.79 Å². The summed E-state index contributed by atoms with van der Waals surface area (Å²) in [7, 11) is 0. The third-order valence-electron chi connectivity index (χ3n) is 3.11. The molecule has 0 aromatic carbocycles. The number of nitrogens with one attached hydrogen (secondary N) is 1. The van der Waals surface area contributed by atoms with E-state index in [1.54, 1.807) is 22.7 Å². The Hall–Kier alpha value is -1.47. The molecule has 0 spiro atoms. The van der Waals surface area contributed by atoms with Gasteiger partial charge in [-0.1, -0.05) is 18.2 Å². The number of carbonyl (C=O) groups excluding carboxylic acids is 1. The average molecular weight is 334 g/mol. The maximum absolute atomic E-state index is 12.3. The quantitative estimate of drug-likeness (QED) is 0.740. The van der Waals surface area contributed by atoms with Crippen LogP contribution in [-0.4, -0.2) is 5.91 Å². The Bertz CT molecular complexity index is 675. The van der Waals surface area contributed by atoms with Gasteiger partial charge in [0.2, 0.25) is 0 Å². The smallest absolute Gasteiger partial charge is 0.261 e. The predicted molar refractivity (Wildman–Crippen MR) is 90.1 cm³/mol. The van der Waals surface area contributed by atoms with Gasteiger partial charge < -0.3 is 11.1 Å². The highest BCUT2D eigenvalue weighted by atomic mass is 32.1. The molecule has 3 nitrogen and oxygen atoms in total. The van der Waals surface area contributed by atoms with Crippen LogP contribution in [0, 0.1) is 0 Å². The van der Waals surface area contributed by atoms with Gasteiger partial charge in [-0.15, -0.1) is 34.0 Å². The third-order valence-corrected chi connectivity index (χ3v) is 5.91. The van der Waals surface area contributed by atoms with Gasteiger partial charge >= 0.3 is 0 Å². The van der Waals surface area contributed by atoms with Gasteiger partial charge in [-0.05, 0) is 34.3 Å². The van der Waals surface area contributed by atoms with E-state index in [1.807, 2.05) is 52.5 Å². The summed E-state index contributed by atoms with van der Waals surface area (Å²) >= 11 is 4.65. The molecule has 0 aliphatic rings. The summed E-state index contributed by atoms with van der Waals surface area (Å²) < 4.78 is 0. The number of hydrogen-bond acceptors (Lipinski definition) is 5. The van der Waals surface area contributed by atoms with Gasteiger partial charge in [0.15, 0.2) is 0 Å². The molecule has 2 atom stereocenters. The molecule has 0 aliphatic carbocycles. The van der Waals surface area contributed by atoms with Crippen LogP contribution in [0.1, 0.15) is 31.5 Å². The first-order valence-electron chi connectivity index (χ1n) is 6.42. The lowest BCUT2D eigenvalue weighted by atomic mass is 10.1. The molecule has 108 valence electrons. The second-order valence-corrected chi connectivity index (χ2v) is 7.39. The van der Waals surface area contributed by atoms with Crippen molar-refractivity contribution in [2.24, 2.45) is 5.73 Å². The highest BCUT2D eigenvalue weighted by molar-refractivity contribution is 7.12. The summed E-state index contributed by atoms with van der Waals surface area (Å²) in [5, 5.41) is 8.97. The van der Waals surface area contributed by atoms with Gasteiger partial charge in [-0.25, -0.2) is 0 Å². The van der Waals surface area contributed by atoms with Crippen LogP contribution < -0.4 is 11.1 Å². The normalized spacial score (nSPS) is 13.8. The molecule has 0 fully saturated rings. The predicted octanol–water partition coefficient (Wildman–Crippen LogP) is 4.04. The van der Waals surface area contributed by atoms with Crippen LogP contribution >= 0.6 is 34.0 Å². The van der Waals surface area contributed by atoms with E-state index < -0.39 is 0 Å². The standard InChI is InChI=1S/C15H14N2OS3/c16-13(10-4-1-7-19-10)14(11-5-2-8-20-11)17-15(18)12-6-3-9-21-12/h1-9,13-14H,16H2,(H,17,18). The van der Waals surface area contributed by atoms with Crippen molar-refractivity contribution in [1.82, 2.24) is 5.32 Å². The van der Waals surface area contributed by atoms with Crippen LogP contribution in [0.5, 0.6) is 0 Å². The minimum Gasteiger partial charge on any atom is -0.342 e. The van der Waals surface area contributed by atoms with Crippen molar-refractivity contribution >= 4 is 39.9 Å². The zero-order valence-corrected chi connectivity index (χ0v) is 13.5. The fourth-order valence-electron chi connectivity index (χ4n) is 2.07. The molecule has 6 heteroatoms. The summed E-state index contributed by atoms with van der Waals surface area (Å²) in [6.45, 7) is 0. The number of thiophene rings is 3. The molecule has 0 radical (unpaired) electrons. The molecule has 3 aromatic rings. The SMILES string of the molecule is NC(c1cccs1)C(NC(=O)c1cccs1)c1cccs1. The Morgan fingerprint density at radius 2 is 1.57 bits per heavy atom. The van der Waals surface area contributed by atoms with Gasteiger partial charge in [0.1, 0.15) is 0 Å². The van der Waals surface area contributed by atoms with Gasteiger partial charge in [0, 0.05) is 9.75 Å². The zero-order valence-electron chi connectivity index (χ0n) is 11.1. The highest BCUT2D eigenvalue weighted by Crippen LogP contribution is 2.32. The van der Waals surface area contributed by atoms with Crippen LogP contribution in [0.25, 0.3) is 0 Å².